The van der Waals surface area contributed by atoms with Crippen molar-refractivity contribution in [2.45, 2.75) is 25.3 Å². The van der Waals surface area contributed by atoms with Crippen molar-refractivity contribution < 1.29 is 9.47 Å². The minimum Gasteiger partial charge on any atom is -0.454 e. The fourth-order valence-electron chi connectivity index (χ4n) is 2.94. The molecule has 3 aliphatic rings. The molecular weight excluding hydrogens is 240 g/mol. The van der Waals surface area contributed by atoms with Gasteiger partial charge in [-0.25, -0.2) is 0 Å². The van der Waals surface area contributed by atoms with Gasteiger partial charge < -0.3 is 19.7 Å². The lowest BCUT2D eigenvalue weighted by Crippen LogP contribution is -2.27. The molecule has 2 fully saturated rings. The standard InChI is InChI=1S/C15H20N2O2/c1-2-12(1)16-8-11-5-6-17(9-11)13-3-4-14-15(7-13)19-10-18-14/h3-4,7,11-12,16H,1-2,5-6,8-10H2. The lowest BCUT2D eigenvalue weighted by molar-refractivity contribution is 0.174. The minimum atomic E-state index is 0.354. The number of benzene rings is 1. The van der Waals surface area contributed by atoms with E-state index < -0.39 is 0 Å². The van der Waals surface area contributed by atoms with Gasteiger partial charge in [-0.3, -0.25) is 0 Å². The highest BCUT2D eigenvalue weighted by atomic mass is 16.7. The molecule has 1 unspecified atom stereocenters. The Kier molecular flexibility index (Phi) is 2.76. The van der Waals surface area contributed by atoms with Crippen LogP contribution in [0.2, 0.25) is 0 Å². The van der Waals surface area contributed by atoms with Crippen molar-refractivity contribution in [1.82, 2.24) is 5.32 Å². The van der Waals surface area contributed by atoms with Crippen molar-refractivity contribution in [3.8, 4) is 11.5 Å². The molecule has 19 heavy (non-hydrogen) atoms. The third-order valence-electron chi connectivity index (χ3n) is 4.28. The Balaban J connectivity index is 1.39. The third-order valence-corrected chi connectivity index (χ3v) is 4.28. The average molecular weight is 260 g/mol. The SMILES string of the molecule is c1cc2c(cc1N1CCC(CNC3CC3)C1)OCO2. The molecule has 1 aliphatic carbocycles. The van der Waals surface area contributed by atoms with Gasteiger partial charge in [-0.05, 0) is 43.9 Å². The van der Waals surface area contributed by atoms with Gasteiger partial charge in [0.1, 0.15) is 0 Å². The second-order valence-corrected chi connectivity index (χ2v) is 5.82. The molecule has 1 N–H and O–H groups in total. The largest absolute Gasteiger partial charge is 0.454 e. The molecule has 2 aliphatic heterocycles. The molecule has 0 amide bonds. The molecule has 1 saturated heterocycles. The number of hydrogen-bond acceptors (Lipinski definition) is 4. The van der Waals surface area contributed by atoms with Crippen LogP contribution in [0.3, 0.4) is 0 Å². The van der Waals surface area contributed by atoms with E-state index in [1.54, 1.807) is 0 Å². The minimum absolute atomic E-state index is 0.354. The van der Waals surface area contributed by atoms with Gasteiger partial charge >= 0.3 is 0 Å². The van der Waals surface area contributed by atoms with Crippen LogP contribution in [-0.2, 0) is 0 Å². The Morgan fingerprint density at radius 1 is 1.16 bits per heavy atom. The molecule has 0 aromatic heterocycles. The highest BCUT2D eigenvalue weighted by molar-refractivity contribution is 5.57. The number of fused-ring (bicyclic) bond motifs is 1. The summed E-state index contributed by atoms with van der Waals surface area (Å²) in [5, 5.41) is 3.64. The lowest BCUT2D eigenvalue weighted by atomic mass is 10.1. The maximum absolute atomic E-state index is 5.45. The summed E-state index contributed by atoms with van der Waals surface area (Å²) in [5.41, 5.74) is 1.26. The Hall–Kier alpha value is -1.42. The Bertz CT molecular complexity index is 473. The predicted octanol–water partition coefficient (Wildman–Crippen LogP) is 1.99. The van der Waals surface area contributed by atoms with Crippen LogP contribution >= 0.6 is 0 Å². The zero-order chi connectivity index (χ0) is 12.7. The molecule has 1 atom stereocenters. The molecule has 1 aromatic rings. The van der Waals surface area contributed by atoms with E-state index in [0.29, 0.717) is 6.79 Å². The van der Waals surface area contributed by atoms with E-state index in [0.717, 1.165) is 36.5 Å². The number of nitrogens with zero attached hydrogens (tertiary/aromatic N) is 1. The fraction of sp³-hybridized carbons (Fsp3) is 0.600. The number of nitrogens with one attached hydrogen (secondary N) is 1. The Morgan fingerprint density at radius 3 is 2.95 bits per heavy atom. The van der Waals surface area contributed by atoms with E-state index in [1.165, 1.54) is 31.5 Å². The first-order valence-corrected chi connectivity index (χ1v) is 7.26. The van der Waals surface area contributed by atoms with E-state index >= 15 is 0 Å². The monoisotopic (exact) mass is 260 g/mol. The lowest BCUT2D eigenvalue weighted by Gasteiger charge is -2.19. The third kappa shape index (κ3) is 2.37. The van der Waals surface area contributed by atoms with Gasteiger partial charge in [-0.15, -0.1) is 0 Å². The molecule has 0 bridgehead atoms. The van der Waals surface area contributed by atoms with Crippen molar-refractivity contribution in [2.24, 2.45) is 5.92 Å². The summed E-state index contributed by atoms with van der Waals surface area (Å²) in [7, 11) is 0. The zero-order valence-corrected chi connectivity index (χ0v) is 11.1. The van der Waals surface area contributed by atoms with Gasteiger partial charge in [0.15, 0.2) is 11.5 Å². The highest BCUT2D eigenvalue weighted by Crippen LogP contribution is 2.36. The van der Waals surface area contributed by atoms with Crippen LogP contribution in [0.25, 0.3) is 0 Å². The van der Waals surface area contributed by atoms with E-state index in [9.17, 15) is 0 Å². The normalized spacial score (nSPS) is 25.1. The van der Waals surface area contributed by atoms with Crippen LogP contribution in [0.5, 0.6) is 11.5 Å². The van der Waals surface area contributed by atoms with Gasteiger partial charge in [0.2, 0.25) is 6.79 Å². The molecular formula is C15H20N2O2. The van der Waals surface area contributed by atoms with Gasteiger partial charge in [-0.2, -0.15) is 0 Å². The van der Waals surface area contributed by atoms with E-state index in [4.69, 9.17) is 9.47 Å². The van der Waals surface area contributed by atoms with E-state index in [1.807, 2.05) is 6.07 Å². The molecule has 1 aromatic carbocycles. The first-order valence-electron chi connectivity index (χ1n) is 7.26. The molecule has 0 spiro atoms. The molecule has 102 valence electrons. The van der Waals surface area contributed by atoms with Gasteiger partial charge in [0.25, 0.3) is 0 Å². The summed E-state index contributed by atoms with van der Waals surface area (Å²) in [6.45, 7) is 3.83. The summed E-state index contributed by atoms with van der Waals surface area (Å²) >= 11 is 0. The topological polar surface area (TPSA) is 33.7 Å². The number of rotatable bonds is 4. The van der Waals surface area contributed by atoms with Crippen molar-refractivity contribution in [3.63, 3.8) is 0 Å². The van der Waals surface area contributed by atoms with Crippen LogP contribution in [-0.4, -0.2) is 32.5 Å². The molecule has 4 rings (SSSR count). The molecule has 2 heterocycles. The number of hydrogen-bond donors (Lipinski definition) is 1. The average Bonchev–Trinajstić information content (AvgIpc) is 2.96. The van der Waals surface area contributed by atoms with E-state index in [-0.39, 0.29) is 0 Å². The smallest absolute Gasteiger partial charge is 0.231 e. The van der Waals surface area contributed by atoms with Crippen molar-refractivity contribution in [1.29, 1.82) is 0 Å². The van der Waals surface area contributed by atoms with Crippen LogP contribution < -0.4 is 19.7 Å². The Morgan fingerprint density at radius 2 is 2.05 bits per heavy atom. The number of ether oxygens (including phenoxy) is 2. The first-order chi connectivity index (χ1) is 9.38. The van der Waals surface area contributed by atoms with E-state index in [2.05, 4.69) is 22.3 Å². The number of anilines is 1. The summed E-state index contributed by atoms with van der Waals surface area (Å²) in [6, 6.07) is 7.09. The zero-order valence-electron chi connectivity index (χ0n) is 11.1. The van der Waals surface area contributed by atoms with Crippen molar-refractivity contribution in [3.05, 3.63) is 18.2 Å². The summed E-state index contributed by atoms with van der Waals surface area (Å²) in [6.07, 6.45) is 4.03. The van der Waals surface area contributed by atoms with Gasteiger partial charge in [0.05, 0.1) is 0 Å². The van der Waals surface area contributed by atoms with Gasteiger partial charge in [0, 0.05) is 30.9 Å². The predicted molar refractivity (Wildman–Crippen MR) is 73.9 cm³/mol. The summed E-state index contributed by atoms with van der Waals surface area (Å²) in [5.74, 6) is 2.54. The fourth-order valence-corrected chi connectivity index (χ4v) is 2.94. The highest BCUT2D eigenvalue weighted by Gasteiger charge is 2.27. The summed E-state index contributed by atoms with van der Waals surface area (Å²) < 4.78 is 10.8. The molecule has 1 saturated carbocycles. The maximum Gasteiger partial charge on any atom is 0.231 e. The van der Waals surface area contributed by atoms with Crippen molar-refractivity contribution in [2.75, 3.05) is 31.3 Å². The quantitative estimate of drug-likeness (QED) is 0.897. The maximum atomic E-state index is 5.45. The second kappa shape index (κ2) is 4.60. The van der Waals surface area contributed by atoms with Crippen LogP contribution in [0, 0.1) is 5.92 Å². The molecule has 4 heteroatoms. The van der Waals surface area contributed by atoms with Crippen LogP contribution in [0.4, 0.5) is 5.69 Å². The second-order valence-electron chi connectivity index (χ2n) is 5.82. The van der Waals surface area contributed by atoms with Gasteiger partial charge in [-0.1, -0.05) is 0 Å². The summed E-state index contributed by atoms with van der Waals surface area (Å²) in [4.78, 5) is 2.46. The van der Waals surface area contributed by atoms with Crippen LogP contribution in [0.1, 0.15) is 19.3 Å². The van der Waals surface area contributed by atoms with Crippen LogP contribution in [0.15, 0.2) is 18.2 Å². The molecule has 0 radical (unpaired) electrons. The molecule has 4 nitrogen and oxygen atoms in total. The first kappa shape index (κ1) is 11.4. The Labute approximate surface area is 113 Å². The van der Waals surface area contributed by atoms with Crippen molar-refractivity contribution >= 4 is 5.69 Å².